The van der Waals surface area contributed by atoms with Crippen molar-refractivity contribution in [3.8, 4) is 0 Å². The first kappa shape index (κ1) is 22.4. The predicted molar refractivity (Wildman–Crippen MR) is 104 cm³/mol. The number of nitrogens with zero attached hydrogens (tertiary/aromatic N) is 2. The van der Waals surface area contributed by atoms with Crippen molar-refractivity contribution in [3.05, 3.63) is 69.2 Å². The van der Waals surface area contributed by atoms with Gasteiger partial charge in [0.05, 0.1) is 11.3 Å². The molecule has 0 aliphatic rings. The molecule has 2 rings (SSSR count). The van der Waals surface area contributed by atoms with Crippen molar-refractivity contribution in [3.63, 3.8) is 0 Å². The van der Waals surface area contributed by atoms with Crippen LogP contribution in [0.15, 0.2) is 46.7 Å². The summed E-state index contributed by atoms with van der Waals surface area (Å²) in [5.41, 5.74) is 1.59. The van der Waals surface area contributed by atoms with Crippen molar-refractivity contribution in [2.24, 2.45) is 10.3 Å². The third-order valence-corrected chi connectivity index (χ3v) is 4.26. The van der Waals surface area contributed by atoms with E-state index in [4.69, 9.17) is 16.4 Å². The molecule has 0 aromatic heterocycles. The second-order valence-electron chi connectivity index (χ2n) is 6.05. The van der Waals surface area contributed by atoms with Crippen LogP contribution in [0.3, 0.4) is 0 Å². The molecule has 5 nitrogen and oxygen atoms in total. The second-order valence-corrected chi connectivity index (χ2v) is 6.49. The van der Waals surface area contributed by atoms with Gasteiger partial charge in [-0.1, -0.05) is 40.1 Å². The molecule has 0 aliphatic carbocycles. The summed E-state index contributed by atoms with van der Waals surface area (Å²) in [6.07, 6.45) is -3.97. The molecule has 0 saturated heterocycles. The highest BCUT2D eigenvalue weighted by Crippen LogP contribution is 2.32. The maximum Gasteiger partial charge on any atom is 0.416 e. The van der Waals surface area contributed by atoms with E-state index < -0.39 is 11.7 Å². The number of hydrogen-bond acceptors (Lipinski definition) is 5. The Morgan fingerprint density at radius 2 is 1.93 bits per heavy atom. The normalized spacial score (nSPS) is 12.7. The van der Waals surface area contributed by atoms with Crippen molar-refractivity contribution in [1.82, 2.24) is 0 Å². The number of carbonyl (C=O) groups excluding carboxylic acids is 1. The molecule has 29 heavy (non-hydrogen) atoms. The maximum atomic E-state index is 13.0. The van der Waals surface area contributed by atoms with Gasteiger partial charge in [0.2, 0.25) is 0 Å². The minimum Gasteiger partial charge on any atom is -0.399 e. The lowest BCUT2D eigenvalue weighted by atomic mass is 9.99. The first-order valence-electron chi connectivity index (χ1n) is 8.37. The Labute approximate surface area is 170 Å². The van der Waals surface area contributed by atoms with Gasteiger partial charge in [-0.2, -0.15) is 13.2 Å². The molecule has 0 heterocycles. The van der Waals surface area contributed by atoms with Crippen LogP contribution in [0, 0.1) is 6.92 Å². The van der Waals surface area contributed by atoms with Crippen LogP contribution in [-0.2, 0) is 27.3 Å². The summed E-state index contributed by atoms with van der Waals surface area (Å²) in [7, 11) is 1.32. The second kappa shape index (κ2) is 9.56. The van der Waals surface area contributed by atoms with Gasteiger partial charge in [-0.15, -0.1) is 0 Å². The highest BCUT2D eigenvalue weighted by Gasteiger charge is 2.31. The van der Waals surface area contributed by atoms with Gasteiger partial charge in [0.1, 0.15) is 19.4 Å². The van der Waals surface area contributed by atoms with Gasteiger partial charge in [0.25, 0.3) is 0 Å². The van der Waals surface area contributed by atoms with Crippen molar-refractivity contribution in [2.45, 2.75) is 26.6 Å². The molecule has 0 spiro atoms. The lowest BCUT2D eigenvalue weighted by Crippen LogP contribution is -2.10. The number of benzene rings is 2. The van der Waals surface area contributed by atoms with Crippen LogP contribution in [0.2, 0.25) is 5.02 Å². The number of aryl methyl sites for hydroxylation is 1. The fourth-order valence-electron chi connectivity index (χ4n) is 2.57. The lowest BCUT2D eigenvalue weighted by Gasteiger charge is -2.12. The molecule has 0 bridgehead atoms. The van der Waals surface area contributed by atoms with Crippen molar-refractivity contribution in [2.75, 3.05) is 7.11 Å². The van der Waals surface area contributed by atoms with Crippen LogP contribution in [0.5, 0.6) is 0 Å². The molecule has 0 N–H and O–H groups in total. The Balaban J connectivity index is 2.28. The number of halogens is 4. The molecule has 0 atom stereocenters. The fraction of sp³-hybridized carbons (Fsp3) is 0.250. The Kier molecular flexibility index (Phi) is 7.39. The summed E-state index contributed by atoms with van der Waals surface area (Å²) in [5.74, 6) is 0. The summed E-state index contributed by atoms with van der Waals surface area (Å²) in [6, 6.07) is 8.41. The number of rotatable bonds is 7. The first-order valence-corrected chi connectivity index (χ1v) is 8.75. The molecule has 0 saturated carbocycles. The summed E-state index contributed by atoms with van der Waals surface area (Å²) < 4.78 is 38.9. The van der Waals surface area contributed by atoms with Gasteiger partial charge in [-0.3, -0.25) is 4.79 Å². The topological polar surface area (TPSA) is 60.2 Å². The maximum absolute atomic E-state index is 13.0. The van der Waals surface area contributed by atoms with Crippen LogP contribution in [0.25, 0.3) is 0 Å². The van der Waals surface area contributed by atoms with Crippen LogP contribution < -0.4 is 0 Å². The third-order valence-electron chi connectivity index (χ3n) is 4.04. The number of aldehydes is 1. The van der Waals surface area contributed by atoms with E-state index >= 15 is 0 Å². The summed E-state index contributed by atoms with van der Waals surface area (Å²) in [6.45, 7) is 3.30. The van der Waals surface area contributed by atoms with Crippen molar-refractivity contribution in [1.29, 1.82) is 0 Å². The van der Waals surface area contributed by atoms with E-state index in [9.17, 15) is 18.0 Å². The molecule has 154 valence electrons. The van der Waals surface area contributed by atoms with Gasteiger partial charge in [-0.25, -0.2) is 0 Å². The van der Waals surface area contributed by atoms with Crippen LogP contribution >= 0.6 is 11.6 Å². The van der Waals surface area contributed by atoms with E-state index in [1.807, 2.05) is 13.0 Å². The molecular weight excluding hydrogens is 409 g/mol. The summed E-state index contributed by atoms with van der Waals surface area (Å²) in [4.78, 5) is 21.3. The smallest absolute Gasteiger partial charge is 0.399 e. The zero-order valence-corrected chi connectivity index (χ0v) is 16.6. The van der Waals surface area contributed by atoms with Gasteiger partial charge >= 0.3 is 6.18 Å². The molecular formula is C20H18ClF3N2O3. The number of hydrogen-bond donors (Lipinski definition) is 0. The Morgan fingerprint density at radius 1 is 1.21 bits per heavy atom. The molecule has 0 radical (unpaired) electrons. The minimum absolute atomic E-state index is 0.0252. The monoisotopic (exact) mass is 426 g/mol. The van der Waals surface area contributed by atoms with Gasteiger partial charge in [-0.05, 0) is 37.6 Å². The van der Waals surface area contributed by atoms with E-state index in [2.05, 4.69) is 15.1 Å². The molecule has 2 aromatic rings. The molecule has 2 aromatic carbocycles. The summed E-state index contributed by atoms with van der Waals surface area (Å²) in [5, 5.41) is 7.52. The first-order chi connectivity index (χ1) is 13.7. The van der Waals surface area contributed by atoms with E-state index in [-0.39, 0.29) is 28.6 Å². The number of carbonyl (C=O) groups is 1. The van der Waals surface area contributed by atoms with Crippen LogP contribution in [-0.4, -0.2) is 24.8 Å². The quantitative estimate of drug-likeness (QED) is 0.349. The van der Waals surface area contributed by atoms with E-state index in [1.54, 1.807) is 12.1 Å². The van der Waals surface area contributed by atoms with E-state index in [0.717, 1.165) is 17.7 Å². The zero-order valence-electron chi connectivity index (χ0n) is 15.9. The van der Waals surface area contributed by atoms with Gasteiger partial charge in [0.15, 0.2) is 6.29 Å². The van der Waals surface area contributed by atoms with Crippen LogP contribution in [0.1, 0.15) is 34.7 Å². The van der Waals surface area contributed by atoms with Crippen molar-refractivity contribution < 1.29 is 27.6 Å². The SMILES string of the molecule is CO/N=C(/C=O)c1cccc(C)c1CO/N=C(\C)c1cc(Cl)cc(C(F)(F)F)c1. The largest absolute Gasteiger partial charge is 0.416 e. The molecule has 0 aliphatic heterocycles. The minimum atomic E-state index is -4.53. The van der Waals surface area contributed by atoms with Crippen LogP contribution in [0.4, 0.5) is 13.2 Å². The average Bonchev–Trinajstić information content (AvgIpc) is 2.66. The lowest BCUT2D eigenvalue weighted by molar-refractivity contribution is -0.137. The van der Waals surface area contributed by atoms with Gasteiger partial charge in [0, 0.05) is 21.7 Å². The van der Waals surface area contributed by atoms with E-state index in [0.29, 0.717) is 17.4 Å². The Hall–Kier alpha value is -2.87. The molecule has 0 amide bonds. The zero-order chi connectivity index (χ0) is 21.6. The Morgan fingerprint density at radius 3 is 2.55 bits per heavy atom. The number of oxime groups is 2. The fourth-order valence-corrected chi connectivity index (χ4v) is 2.81. The number of alkyl halides is 3. The van der Waals surface area contributed by atoms with E-state index in [1.165, 1.54) is 20.1 Å². The Bertz CT molecular complexity index is 956. The highest BCUT2D eigenvalue weighted by molar-refractivity contribution is 6.36. The standard InChI is InChI=1S/C20H18ClF3N2O3/c1-12-5-4-6-17(19(10-27)26-28-3)18(12)11-29-25-13(2)14-7-15(20(22,23)24)9-16(21)8-14/h4-10H,11H2,1-3H3/b25-13+,26-19-. The molecule has 9 heteroatoms. The molecule has 0 fully saturated rings. The highest BCUT2D eigenvalue weighted by atomic mass is 35.5. The van der Waals surface area contributed by atoms with Gasteiger partial charge < -0.3 is 9.68 Å². The van der Waals surface area contributed by atoms with Crippen molar-refractivity contribution >= 4 is 29.3 Å². The predicted octanol–water partition coefficient (Wildman–Crippen LogP) is 5.16. The third kappa shape index (κ3) is 5.80. The average molecular weight is 427 g/mol. The summed E-state index contributed by atoms with van der Waals surface area (Å²) >= 11 is 5.80. The molecule has 0 unspecified atom stereocenters.